The topological polar surface area (TPSA) is 106 Å². The second-order valence-electron chi connectivity index (χ2n) is 5.74. The average Bonchev–Trinajstić information content (AvgIpc) is 2.63. The Morgan fingerprint density at radius 2 is 2.00 bits per heavy atom. The molecule has 0 aliphatic carbocycles. The van der Waals surface area contributed by atoms with Gasteiger partial charge in [0.25, 0.3) is 0 Å². The highest BCUT2D eigenvalue weighted by Gasteiger charge is 2.19. The molecule has 0 aromatic carbocycles. The Hall–Kier alpha value is -2.08. The van der Waals surface area contributed by atoms with Crippen LogP contribution in [0.4, 0.5) is 10.6 Å². The number of rotatable bonds is 10. The number of ether oxygens (including phenoxy) is 2. The number of hydrogen-bond acceptors (Lipinski definition) is 6. The van der Waals surface area contributed by atoms with Crippen molar-refractivity contribution < 1.29 is 19.4 Å². The number of carbonyl (C=O) groups is 1. The Morgan fingerprint density at radius 1 is 1.33 bits per heavy atom. The van der Waals surface area contributed by atoms with Crippen molar-refractivity contribution in [3.05, 3.63) is 17.0 Å². The molecule has 0 saturated heterocycles. The van der Waals surface area contributed by atoms with Crippen LogP contribution in [-0.4, -0.2) is 53.3 Å². The van der Waals surface area contributed by atoms with Crippen molar-refractivity contribution in [2.75, 3.05) is 25.1 Å². The number of amides is 1. The van der Waals surface area contributed by atoms with Gasteiger partial charge in [-0.3, -0.25) is 0 Å². The van der Waals surface area contributed by atoms with Gasteiger partial charge in [-0.05, 0) is 37.3 Å². The number of aromatic nitrogens is 2. The second-order valence-corrected chi connectivity index (χ2v) is 6.07. The Morgan fingerprint density at radius 3 is 2.56 bits per heavy atom. The summed E-state index contributed by atoms with van der Waals surface area (Å²) in [6.07, 6.45) is 0.637. The maximum atomic E-state index is 10.9. The molecule has 2 atom stereocenters. The van der Waals surface area contributed by atoms with Crippen LogP contribution in [0.15, 0.2) is 6.20 Å². The van der Waals surface area contributed by atoms with Crippen LogP contribution in [0, 0.1) is 17.8 Å². The van der Waals surface area contributed by atoms with Crippen molar-refractivity contribution in [3.8, 4) is 11.8 Å². The number of carboxylic acid groups (broad SMARTS) is 1. The van der Waals surface area contributed by atoms with E-state index in [1.54, 1.807) is 0 Å². The molecule has 9 heteroatoms. The maximum Gasteiger partial charge on any atom is 0.404 e. The smallest absolute Gasteiger partial charge is 0.404 e. The van der Waals surface area contributed by atoms with Gasteiger partial charge in [-0.2, -0.15) is 4.98 Å². The summed E-state index contributed by atoms with van der Waals surface area (Å²) in [6, 6.07) is -0.188. The Kier molecular flexibility index (Phi) is 10.5. The summed E-state index contributed by atoms with van der Waals surface area (Å²) in [5, 5.41) is 14.6. The van der Waals surface area contributed by atoms with Gasteiger partial charge in [0, 0.05) is 32.0 Å². The van der Waals surface area contributed by atoms with Gasteiger partial charge < -0.3 is 25.2 Å². The molecular formula is C18H27ClN4O4. The van der Waals surface area contributed by atoms with Crippen LogP contribution in [0.1, 0.15) is 39.7 Å². The summed E-state index contributed by atoms with van der Waals surface area (Å²) in [5.41, 5.74) is 0.521. The first-order chi connectivity index (χ1) is 12.9. The fourth-order valence-corrected chi connectivity index (χ4v) is 2.32. The lowest BCUT2D eigenvalue weighted by molar-refractivity contribution is -0.0969. The average molecular weight is 399 g/mol. The zero-order valence-corrected chi connectivity index (χ0v) is 16.8. The van der Waals surface area contributed by atoms with Gasteiger partial charge in [0.15, 0.2) is 0 Å². The highest BCUT2D eigenvalue weighted by atomic mass is 35.5. The minimum absolute atomic E-state index is 0.0725. The van der Waals surface area contributed by atoms with Gasteiger partial charge in [-0.25, -0.2) is 9.78 Å². The highest BCUT2D eigenvalue weighted by Crippen LogP contribution is 2.18. The summed E-state index contributed by atoms with van der Waals surface area (Å²) in [4.78, 5) is 19.0. The first-order valence-electron chi connectivity index (χ1n) is 8.91. The Balaban J connectivity index is 3.08. The van der Waals surface area contributed by atoms with Gasteiger partial charge in [-0.15, -0.1) is 0 Å². The predicted molar refractivity (Wildman–Crippen MR) is 104 cm³/mol. The summed E-state index contributed by atoms with van der Waals surface area (Å²) in [7, 11) is 0. The standard InChI is InChI=1S/C18H27ClN4O4/c1-5-12(4)14(11-21-18(24)25)22-16-13(10-20-17(19)23-16)8-9-15(26-6-2)27-7-3/h10,12,14-15,21H,5-7,11H2,1-4H3,(H,24,25)(H,20,22,23)/t12?,14-/m1/s1. The van der Waals surface area contributed by atoms with Gasteiger partial charge in [0.05, 0.1) is 5.56 Å². The van der Waals surface area contributed by atoms with Crippen LogP contribution >= 0.6 is 11.6 Å². The third-order valence-electron chi connectivity index (χ3n) is 3.85. The van der Waals surface area contributed by atoms with Crippen LogP contribution in [-0.2, 0) is 9.47 Å². The van der Waals surface area contributed by atoms with E-state index in [0.29, 0.717) is 24.6 Å². The fraction of sp³-hybridized carbons (Fsp3) is 0.611. The lowest BCUT2D eigenvalue weighted by atomic mass is 9.99. The minimum atomic E-state index is -1.08. The highest BCUT2D eigenvalue weighted by molar-refractivity contribution is 6.28. The molecule has 0 aliphatic rings. The first kappa shape index (κ1) is 23.0. The number of anilines is 1. The molecule has 0 saturated carbocycles. The van der Waals surface area contributed by atoms with Gasteiger partial charge in [0.1, 0.15) is 5.82 Å². The third-order valence-corrected chi connectivity index (χ3v) is 4.03. The Labute approximate surface area is 165 Å². The van der Waals surface area contributed by atoms with Crippen molar-refractivity contribution in [2.45, 2.75) is 46.4 Å². The largest absolute Gasteiger partial charge is 0.465 e. The summed E-state index contributed by atoms with van der Waals surface area (Å²) in [6.45, 7) is 8.94. The van der Waals surface area contributed by atoms with Gasteiger partial charge >= 0.3 is 6.09 Å². The molecular weight excluding hydrogens is 372 g/mol. The van der Waals surface area contributed by atoms with Crippen molar-refractivity contribution in [3.63, 3.8) is 0 Å². The molecule has 0 spiro atoms. The van der Waals surface area contributed by atoms with Crippen LogP contribution in [0.2, 0.25) is 5.28 Å². The maximum absolute atomic E-state index is 10.9. The molecule has 27 heavy (non-hydrogen) atoms. The van der Waals surface area contributed by atoms with E-state index in [4.69, 9.17) is 26.2 Å². The van der Waals surface area contributed by atoms with E-state index in [1.807, 2.05) is 27.7 Å². The van der Waals surface area contributed by atoms with Crippen LogP contribution in [0.5, 0.6) is 0 Å². The van der Waals surface area contributed by atoms with Crippen LogP contribution < -0.4 is 10.6 Å². The summed E-state index contributed by atoms with van der Waals surface area (Å²) >= 11 is 5.93. The molecule has 3 N–H and O–H groups in total. The molecule has 0 fully saturated rings. The molecule has 8 nitrogen and oxygen atoms in total. The predicted octanol–water partition coefficient (Wildman–Crippen LogP) is 2.97. The third kappa shape index (κ3) is 8.43. The zero-order chi connectivity index (χ0) is 20.2. The van der Waals surface area contributed by atoms with Crippen LogP contribution in [0.25, 0.3) is 0 Å². The molecule has 1 aromatic rings. The van der Waals surface area contributed by atoms with E-state index in [0.717, 1.165) is 6.42 Å². The van der Waals surface area contributed by atoms with Crippen molar-refractivity contribution in [1.29, 1.82) is 0 Å². The second kappa shape index (κ2) is 12.3. The first-order valence-corrected chi connectivity index (χ1v) is 9.29. The fourth-order valence-electron chi connectivity index (χ4n) is 2.18. The van der Waals surface area contributed by atoms with E-state index < -0.39 is 12.4 Å². The molecule has 1 amide bonds. The van der Waals surface area contributed by atoms with E-state index in [1.165, 1.54) is 6.20 Å². The number of nitrogens with zero attached hydrogens (tertiary/aromatic N) is 2. The van der Waals surface area contributed by atoms with Crippen molar-refractivity contribution in [1.82, 2.24) is 15.3 Å². The molecule has 0 bridgehead atoms. The number of hydrogen-bond donors (Lipinski definition) is 3. The van der Waals surface area contributed by atoms with E-state index in [9.17, 15) is 4.79 Å². The molecule has 150 valence electrons. The molecule has 1 unspecified atom stereocenters. The minimum Gasteiger partial charge on any atom is -0.465 e. The monoisotopic (exact) mass is 398 g/mol. The van der Waals surface area contributed by atoms with Gasteiger partial charge in [-0.1, -0.05) is 26.2 Å². The Bertz CT molecular complexity index is 656. The van der Waals surface area contributed by atoms with E-state index in [2.05, 4.69) is 32.4 Å². The SMILES string of the molecule is CCOC(C#Cc1cnc(Cl)nc1N[C@H](CNC(=O)O)C(C)CC)OCC. The zero-order valence-electron chi connectivity index (χ0n) is 16.1. The van der Waals surface area contributed by atoms with Crippen LogP contribution in [0.3, 0.4) is 0 Å². The quantitative estimate of drug-likeness (QED) is 0.316. The normalized spacial score (nSPS) is 12.8. The molecule has 0 aliphatic heterocycles. The van der Waals surface area contributed by atoms with Crippen molar-refractivity contribution >= 4 is 23.5 Å². The van der Waals surface area contributed by atoms with E-state index >= 15 is 0 Å². The lowest BCUT2D eigenvalue weighted by Crippen LogP contribution is -2.40. The summed E-state index contributed by atoms with van der Waals surface area (Å²) in [5.74, 6) is 6.47. The summed E-state index contributed by atoms with van der Waals surface area (Å²) < 4.78 is 10.8. The number of nitrogens with one attached hydrogen (secondary N) is 2. The molecule has 1 heterocycles. The molecule has 1 rings (SSSR count). The lowest BCUT2D eigenvalue weighted by Gasteiger charge is -2.25. The molecule has 0 radical (unpaired) electrons. The molecule has 1 aromatic heterocycles. The van der Waals surface area contributed by atoms with E-state index in [-0.39, 0.29) is 23.8 Å². The van der Waals surface area contributed by atoms with Crippen molar-refractivity contribution in [2.24, 2.45) is 5.92 Å². The number of halogens is 1. The van der Waals surface area contributed by atoms with Gasteiger partial charge in [0.2, 0.25) is 11.6 Å².